The van der Waals surface area contributed by atoms with E-state index in [9.17, 15) is 22.9 Å². The Labute approximate surface area is 309 Å². The van der Waals surface area contributed by atoms with E-state index in [4.69, 9.17) is 0 Å². The van der Waals surface area contributed by atoms with Crippen molar-refractivity contribution in [2.24, 2.45) is 0 Å². The predicted molar refractivity (Wildman–Crippen MR) is 216 cm³/mol. The second-order valence-electron chi connectivity index (χ2n) is 13.9. The molecular formula is C43H77NO5S. The van der Waals surface area contributed by atoms with Crippen molar-refractivity contribution in [3.63, 3.8) is 0 Å². The quantitative estimate of drug-likeness (QED) is 0.0340. The Balaban J connectivity index is 3.93. The van der Waals surface area contributed by atoms with Gasteiger partial charge in [-0.15, -0.1) is 0 Å². The summed E-state index contributed by atoms with van der Waals surface area (Å²) in [6, 6.07) is -1.06. The highest BCUT2D eigenvalue weighted by Crippen LogP contribution is 2.14. The van der Waals surface area contributed by atoms with Crippen LogP contribution in [0.3, 0.4) is 0 Å². The number of nitrogens with one attached hydrogen (secondary N) is 1. The van der Waals surface area contributed by atoms with Crippen LogP contribution in [0.15, 0.2) is 60.8 Å². The van der Waals surface area contributed by atoms with Crippen LogP contribution < -0.4 is 5.32 Å². The fraction of sp³-hybridized carbons (Fsp3) is 0.744. The zero-order valence-electron chi connectivity index (χ0n) is 32.3. The maximum Gasteiger partial charge on any atom is 0.267 e. The highest BCUT2D eigenvalue weighted by atomic mass is 32.2. The highest BCUT2D eigenvalue weighted by Gasteiger charge is 2.24. The van der Waals surface area contributed by atoms with Crippen LogP contribution in [0.25, 0.3) is 0 Å². The molecule has 0 aromatic heterocycles. The first-order valence-corrected chi connectivity index (χ1v) is 22.1. The largest absolute Gasteiger partial charge is 0.387 e. The van der Waals surface area contributed by atoms with Crippen molar-refractivity contribution in [2.75, 3.05) is 5.75 Å². The Kier molecular flexibility index (Phi) is 35.4. The molecule has 0 heterocycles. The Morgan fingerprint density at radius 1 is 0.560 bits per heavy atom. The second-order valence-corrected chi connectivity index (χ2v) is 15.4. The molecule has 0 bridgehead atoms. The number of carbonyl (C=O) groups is 1. The Morgan fingerprint density at radius 2 is 0.960 bits per heavy atom. The molecular weight excluding hydrogens is 643 g/mol. The van der Waals surface area contributed by atoms with Crippen LogP contribution in [0.4, 0.5) is 0 Å². The second kappa shape index (κ2) is 36.8. The SMILES string of the molecule is CC/C=C\C/C=C\C/C=C\C/C=C\CCCCCCCCCCC(=O)NC(CS(=O)(=O)O)C(O)/C=C/CCCCCCCCCCCCCC. The third kappa shape index (κ3) is 37.3. The number of hydrogen-bond donors (Lipinski definition) is 3. The van der Waals surface area contributed by atoms with Crippen molar-refractivity contribution >= 4 is 16.0 Å². The van der Waals surface area contributed by atoms with E-state index in [1.165, 1.54) is 89.9 Å². The van der Waals surface area contributed by atoms with Crippen molar-refractivity contribution in [3.05, 3.63) is 60.8 Å². The molecule has 3 N–H and O–H groups in total. The lowest BCUT2D eigenvalue weighted by atomic mass is 10.0. The highest BCUT2D eigenvalue weighted by molar-refractivity contribution is 7.85. The molecule has 0 radical (unpaired) electrons. The van der Waals surface area contributed by atoms with Gasteiger partial charge in [-0.1, -0.05) is 184 Å². The smallest absolute Gasteiger partial charge is 0.267 e. The van der Waals surface area contributed by atoms with E-state index in [2.05, 4.69) is 67.8 Å². The van der Waals surface area contributed by atoms with Crippen LogP contribution in [0, 0.1) is 0 Å². The van der Waals surface area contributed by atoms with E-state index in [1.54, 1.807) is 6.08 Å². The normalized spacial score (nSPS) is 13.9. The maximum atomic E-state index is 12.5. The summed E-state index contributed by atoms with van der Waals surface area (Å²) in [6.07, 6.45) is 50.6. The predicted octanol–water partition coefficient (Wildman–Crippen LogP) is 12.1. The fourth-order valence-electron chi connectivity index (χ4n) is 5.91. The van der Waals surface area contributed by atoms with Crippen molar-refractivity contribution in [2.45, 2.75) is 199 Å². The minimum absolute atomic E-state index is 0.284. The van der Waals surface area contributed by atoms with Gasteiger partial charge in [0.25, 0.3) is 10.1 Å². The average molecular weight is 720 g/mol. The monoisotopic (exact) mass is 720 g/mol. The number of carbonyl (C=O) groups excluding carboxylic acids is 1. The van der Waals surface area contributed by atoms with Gasteiger partial charge in [-0.2, -0.15) is 8.42 Å². The van der Waals surface area contributed by atoms with Gasteiger partial charge < -0.3 is 10.4 Å². The van der Waals surface area contributed by atoms with Crippen LogP contribution in [-0.4, -0.2) is 41.9 Å². The number of rotatable bonds is 36. The standard InChI is InChI=1S/C43H77NO5S/c1-3-5-7-9-11-13-15-17-19-20-21-22-23-24-25-27-29-31-33-35-37-39-43(46)44-41(40-50(47,48)49)42(45)38-36-34-32-30-28-26-18-16-14-12-10-8-6-4-2/h5,7,11,13,17,19,21-22,36,38,41-42,45H,3-4,6,8-10,12,14-16,18,20,23-35,37,39-40H2,1-2H3,(H,44,46)(H,47,48,49)/b7-5-,13-11-,19-17-,22-21-,38-36+. The summed E-state index contributed by atoms with van der Waals surface area (Å²) >= 11 is 0. The van der Waals surface area contributed by atoms with Crippen molar-refractivity contribution in [1.82, 2.24) is 5.32 Å². The number of unbranched alkanes of at least 4 members (excludes halogenated alkanes) is 20. The number of allylic oxidation sites excluding steroid dienone is 9. The van der Waals surface area contributed by atoms with Gasteiger partial charge in [-0.25, -0.2) is 0 Å². The molecule has 0 fully saturated rings. The zero-order chi connectivity index (χ0) is 36.8. The Hall–Kier alpha value is -1.96. The molecule has 1 amide bonds. The van der Waals surface area contributed by atoms with Crippen LogP contribution in [-0.2, 0) is 14.9 Å². The molecule has 0 aromatic rings. The summed E-state index contributed by atoms with van der Waals surface area (Å²) < 4.78 is 32.5. The first-order chi connectivity index (χ1) is 24.3. The molecule has 7 heteroatoms. The summed E-state index contributed by atoms with van der Waals surface area (Å²) in [5.41, 5.74) is 0. The van der Waals surface area contributed by atoms with E-state index in [0.29, 0.717) is 0 Å². The lowest BCUT2D eigenvalue weighted by Crippen LogP contribution is -2.46. The molecule has 50 heavy (non-hydrogen) atoms. The lowest BCUT2D eigenvalue weighted by Gasteiger charge is -2.21. The van der Waals surface area contributed by atoms with Gasteiger partial charge in [0.05, 0.1) is 17.9 Å². The van der Waals surface area contributed by atoms with Gasteiger partial charge in [0, 0.05) is 6.42 Å². The molecule has 2 unspecified atom stereocenters. The third-order valence-corrected chi connectivity index (χ3v) is 9.73. The van der Waals surface area contributed by atoms with Gasteiger partial charge in [-0.3, -0.25) is 9.35 Å². The van der Waals surface area contributed by atoms with Crippen LogP contribution >= 0.6 is 0 Å². The zero-order valence-corrected chi connectivity index (χ0v) is 33.1. The third-order valence-electron chi connectivity index (χ3n) is 8.95. The summed E-state index contributed by atoms with van der Waals surface area (Å²) in [5.74, 6) is -0.992. The number of aliphatic hydroxyl groups is 1. The lowest BCUT2D eigenvalue weighted by molar-refractivity contribution is -0.122. The molecule has 0 aromatic carbocycles. The summed E-state index contributed by atoms with van der Waals surface area (Å²) in [7, 11) is -4.35. The van der Waals surface area contributed by atoms with Crippen LogP contribution in [0.5, 0.6) is 0 Å². The average Bonchev–Trinajstić information content (AvgIpc) is 3.08. The molecule has 0 aliphatic heterocycles. The molecule has 6 nitrogen and oxygen atoms in total. The van der Waals surface area contributed by atoms with Gasteiger partial charge in [0.1, 0.15) is 0 Å². The maximum absolute atomic E-state index is 12.5. The Bertz CT molecular complexity index is 1010. The van der Waals surface area contributed by atoms with E-state index >= 15 is 0 Å². The van der Waals surface area contributed by atoms with Gasteiger partial charge in [0.15, 0.2) is 0 Å². The van der Waals surface area contributed by atoms with Gasteiger partial charge >= 0.3 is 0 Å². The van der Waals surface area contributed by atoms with E-state index < -0.39 is 28.0 Å². The molecule has 0 rings (SSSR count). The minimum Gasteiger partial charge on any atom is -0.387 e. The molecule has 290 valence electrons. The fourth-order valence-corrected chi connectivity index (χ4v) is 6.64. The molecule has 0 aliphatic carbocycles. The van der Waals surface area contributed by atoms with Crippen molar-refractivity contribution in [3.8, 4) is 0 Å². The van der Waals surface area contributed by atoms with Gasteiger partial charge in [-0.05, 0) is 57.8 Å². The first-order valence-electron chi connectivity index (χ1n) is 20.5. The van der Waals surface area contributed by atoms with Crippen LogP contribution in [0.1, 0.15) is 187 Å². The van der Waals surface area contributed by atoms with E-state index in [1.807, 2.05) is 6.08 Å². The molecule has 0 saturated heterocycles. The van der Waals surface area contributed by atoms with E-state index in [-0.39, 0.29) is 12.3 Å². The van der Waals surface area contributed by atoms with Crippen LogP contribution in [0.2, 0.25) is 0 Å². The van der Waals surface area contributed by atoms with Crippen molar-refractivity contribution in [1.29, 1.82) is 0 Å². The molecule has 2 atom stereocenters. The number of amides is 1. The minimum atomic E-state index is -4.35. The topological polar surface area (TPSA) is 104 Å². The van der Waals surface area contributed by atoms with E-state index in [0.717, 1.165) is 77.0 Å². The molecule has 0 aliphatic rings. The number of hydrogen-bond acceptors (Lipinski definition) is 4. The first kappa shape index (κ1) is 48.0. The number of aliphatic hydroxyl groups excluding tert-OH is 1. The summed E-state index contributed by atoms with van der Waals surface area (Å²) in [6.45, 7) is 4.40. The summed E-state index contributed by atoms with van der Waals surface area (Å²) in [5, 5.41) is 13.2. The Morgan fingerprint density at radius 3 is 1.42 bits per heavy atom. The van der Waals surface area contributed by atoms with Gasteiger partial charge in [0.2, 0.25) is 5.91 Å². The molecule has 0 saturated carbocycles. The molecule has 0 spiro atoms. The summed E-state index contributed by atoms with van der Waals surface area (Å²) in [4.78, 5) is 12.5. The van der Waals surface area contributed by atoms with Crippen molar-refractivity contribution < 1.29 is 22.9 Å².